The highest BCUT2D eigenvalue weighted by Crippen LogP contribution is 2.30. The second-order valence-electron chi connectivity index (χ2n) is 7.26. The van der Waals surface area contributed by atoms with E-state index >= 15 is 0 Å². The second-order valence-corrected chi connectivity index (χ2v) is 9.57. The number of amides is 4. The summed E-state index contributed by atoms with van der Waals surface area (Å²) in [5, 5.41) is 7.59. The molecular formula is C23H22BrClN6O4S. The highest BCUT2D eigenvalue weighted by Gasteiger charge is 2.19. The van der Waals surface area contributed by atoms with Crippen LogP contribution in [0, 0.1) is 0 Å². The van der Waals surface area contributed by atoms with Gasteiger partial charge >= 0.3 is 12.0 Å². The zero-order valence-electron chi connectivity index (χ0n) is 19.0. The lowest BCUT2D eigenvalue weighted by Gasteiger charge is -2.14. The molecule has 0 saturated heterocycles. The fourth-order valence-corrected chi connectivity index (χ4v) is 3.75. The number of benzene rings is 2. The lowest BCUT2D eigenvalue weighted by molar-refractivity contribution is -0.117. The molecule has 0 radical (unpaired) electrons. The van der Waals surface area contributed by atoms with E-state index in [-0.39, 0.29) is 28.0 Å². The van der Waals surface area contributed by atoms with E-state index in [9.17, 15) is 14.4 Å². The molecule has 36 heavy (non-hydrogen) atoms. The normalized spacial score (nSPS) is 11.3. The summed E-state index contributed by atoms with van der Waals surface area (Å²) in [6, 6.07) is 9.41. The lowest BCUT2D eigenvalue weighted by Crippen LogP contribution is -2.38. The Bertz CT molecular complexity index is 1250. The molecule has 5 N–H and O–H groups in total. The van der Waals surface area contributed by atoms with Crippen molar-refractivity contribution in [2.45, 2.75) is 12.5 Å². The Morgan fingerprint density at radius 2 is 1.86 bits per heavy atom. The van der Waals surface area contributed by atoms with Gasteiger partial charge in [0.2, 0.25) is 5.91 Å². The Morgan fingerprint density at radius 3 is 2.56 bits per heavy atom. The average Bonchev–Trinajstić information content (AvgIpc) is 2.85. The number of hydrogen-bond donors (Lipinski definition) is 4. The fourth-order valence-electron chi connectivity index (χ4n) is 2.84. The molecule has 1 aromatic heterocycles. The van der Waals surface area contributed by atoms with E-state index in [1.807, 2.05) is 6.26 Å². The molecule has 0 aliphatic rings. The number of hydrogen-bond acceptors (Lipinski definition) is 8. The van der Waals surface area contributed by atoms with Crippen LogP contribution in [-0.2, 0) is 4.79 Å². The maximum absolute atomic E-state index is 12.7. The van der Waals surface area contributed by atoms with Crippen molar-refractivity contribution >= 4 is 68.5 Å². The minimum Gasteiger partial charge on any atom is -0.423 e. The molecule has 188 valence electrons. The van der Waals surface area contributed by atoms with Gasteiger partial charge in [-0.15, -0.1) is 0 Å². The highest BCUT2D eigenvalue weighted by atomic mass is 79.9. The third-order valence-corrected chi connectivity index (χ3v) is 5.96. The number of halogens is 2. The molecule has 0 spiro atoms. The molecule has 3 rings (SSSR count). The van der Waals surface area contributed by atoms with Crippen molar-refractivity contribution in [1.29, 1.82) is 0 Å². The quantitative estimate of drug-likeness (QED) is 0.280. The number of thioether (sulfide) groups is 1. The topological polar surface area (TPSA) is 148 Å². The predicted molar refractivity (Wildman–Crippen MR) is 144 cm³/mol. The molecule has 3 aromatic rings. The Balaban J connectivity index is 1.61. The minimum absolute atomic E-state index is 0.0973. The number of urea groups is 1. The van der Waals surface area contributed by atoms with E-state index in [1.54, 1.807) is 30.0 Å². The van der Waals surface area contributed by atoms with Gasteiger partial charge in [0.15, 0.2) is 0 Å². The number of nitrogens with two attached hydrogens (primary N) is 1. The largest absolute Gasteiger partial charge is 0.423 e. The maximum atomic E-state index is 12.7. The number of aromatic nitrogens is 2. The summed E-state index contributed by atoms with van der Waals surface area (Å²) in [5.41, 5.74) is 6.56. The number of nitrogens with zero attached hydrogens (tertiary/aromatic N) is 2. The molecule has 0 saturated carbocycles. The van der Waals surface area contributed by atoms with Crippen LogP contribution in [0.15, 0.2) is 59.3 Å². The number of para-hydroxylation sites is 1. The molecule has 4 amide bonds. The third kappa shape index (κ3) is 7.92. The first-order chi connectivity index (χ1) is 17.3. The molecule has 0 unspecified atom stereocenters. The second kappa shape index (κ2) is 13.2. The summed E-state index contributed by atoms with van der Waals surface area (Å²) in [4.78, 5) is 45.5. The number of rotatable bonds is 9. The van der Waals surface area contributed by atoms with E-state index < -0.39 is 23.9 Å². The lowest BCUT2D eigenvalue weighted by atomic mass is 10.1. The van der Waals surface area contributed by atoms with E-state index in [0.717, 1.165) is 5.75 Å². The van der Waals surface area contributed by atoms with Crippen LogP contribution < -0.4 is 26.4 Å². The average molecular weight is 594 g/mol. The predicted octanol–water partition coefficient (Wildman–Crippen LogP) is 4.67. The minimum atomic E-state index is -0.793. The van der Waals surface area contributed by atoms with Crippen molar-refractivity contribution in [1.82, 2.24) is 15.3 Å². The Morgan fingerprint density at radius 1 is 1.14 bits per heavy atom. The van der Waals surface area contributed by atoms with Gasteiger partial charge in [0, 0.05) is 18.1 Å². The highest BCUT2D eigenvalue weighted by molar-refractivity contribution is 9.10. The van der Waals surface area contributed by atoms with Gasteiger partial charge in [-0.2, -0.15) is 11.8 Å². The van der Waals surface area contributed by atoms with Crippen LogP contribution in [0.3, 0.4) is 0 Å². The summed E-state index contributed by atoms with van der Waals surface area (Å²) in [6.45, 7) is 0. The molecule has 13 heteroatoms. The van der Waals surface area contributed by atoms with Crippen molar-refractivity contribution in [3.8, 4) is 11.8 Å². The van der Waals surface area contributed by atoms with Gasteiger partial charge in [-0.3, -0.25) is 14.9 Å². The summed E-state index contributed by atoms with van der Waals surface area (Å²) in [6.07, 6.45) is 5.46. The third-order valence-electron chi connectivity index (χ3n) is 4.61. The standard InChI is InChI=1S/C23H22BrClN6O4S/c1-36-9-8-17(26)21(33)30-18-5-3-2-4-15(18)20(32)31-22(34)29-14-6-7-19(16(25)10-14)35-23-27-11-13(24)12-28-23/h2-7,10-12,17H,8-9,26H2,1H3,(H,30,33)(H2,29,31,32,34)/t17-/m0/s1. The molecule has 1 atom stereocenters. The zero-order chi connectivity index (χ0) is 26.1. The summed E-state index contributed by atoms with van der Waals surface area (Å²) in [7, 11) is 0. The van der Waals surface area contributed by atoms with Gasteiger partial charge in [0.25, 0.3) is 5.91 Å². The Labute approximate surface area is 224 Å². The van der Waals surface area contributed by atoms with Gasteiger partial charge in [0.05, 0.1) is 26.8 Å². The fraction of sp³-hybridized carbons (Fsp3) is 0.174. The SMILES string of the molecule is CSCC[C@H](N)C(=O)Nc1ccccc1C(=O)NC(=O)Nc1ccc(Oc2ncc(Br)cn2)c(Cl)c1. The van der Waals surface area contributed by atoms with Gasteiger partial charge < -0.3 is 21.1 Å². The summed E-state index contributed by atoms with van der Waals surface area (Å²) >= 11 is 11.1. The Hall–Kier alpha value is -3.19. The number of carbonyl (C=O) groups is 3. The van der Waals surface area contributed by atoms with E-state index in [1.165, 1.54) is 36.7 Å². The van der Waals surface area contributed by atoms with Gasteiger partial charge in [-0.1, -0.05) is 23.7 Å². The van der Waals surface area contributed by atoms with Crippen molar-refractivity contribution in [3.05, 3.63) is 69.9 Å². The molecule has 10 nitrogen and oxygen atoms in total. The smallest absolute Gasteiger partial charge is 0.326 e. The van der Waals surface area contributed by atoms with E-state index in [0.29, 0.717) is 16.6 Å². The first kappa shape index (κ1) is 27.4. The molecule has 1 heterocycles. The van der Waals surface area contributed by atoms with Gasteiger partial charge in [0.1, 0.15) is 5.75 Å². The van der Waals surface area contributed by atoms with Crippen molar-refractivity contribution in [2.24, 2.45) is 5.73 Å². The van der Waals surface area contributed by atoms with Crippen LogP contribution in [0.1, 0.15) is 16.8 Å². The monoisotopic (exact) mass is 592 g/mol. The number of imide groups is 1. The molecule has 2 aromatic carbocycles. The van der Waals surface area contributed by atoms with E-state index in [2.05, 4.69) is 41.8 Å². The Kier molecular flexibility index (Phi) is 10.1. The summed E-state index contributed by atoms with van der Waals surface area (Å²) < 4.78 is 6.22. The molecule has 0 aliphatic carbocycles. The van der Waals surface area contributed by atoms with Crippen molar-refractivity contribution in [3.63, 3.8) is 0 Å². The van der Waals surface area contributed by atoms with Crippen LogP contribution in [0.5, 0.6) is 11.8 Å². The number of ether oxygens (including phenoxy) is 1. The summed E-state index contributed by atoms with van der Waals surface area (Å²) in [5.74, 6) is -0.119. The number of nitrogens with one attached hydrogen (secondary N) is 3. The van der Waals surface area contributed by atoms with Crippen LogP contribution in [0.25, 0.3) is 0 Å². The maximum Gasteiger partial charge on any atom is 0.326 e. The van der Waals surface area contributed by atoms with Crippen LogP contribution in [-0.4, -0.2) is 45.9 Å². The van der Waals surface area contributed by atoms with Crippen molar-refractivity contribution in [2.75, 3.05) is 22.6 Å². The molecular weight excluding hydrogens is 572 g/mol. The first-order valence-electron chi connectivity index (χ1n) is 10.5. The van der Waals surface area contributed by atoms with Crippen molar-refractivity contribution < 1.29 is 19.1 Å². The van der Waals surface area contributed by atoms with Crippen LogP contribution >= 0.6 is 39.3 Å². The van der Waals surface area contributed by atoms with E-state index in [4.69, 9.17) is 22.1 Å². The first-order valence-corrected chi connectivity index (χ1v) is 13.0. The van der Waals surface area contributed by atoms with Gasteiger partial charge in [-0.25, -0.2) is 14.8 Å². The van der Waals surface area contributed by atoms with Gasteiger partial charge in [-0.05, 0) is 64.7 Å². The van der Waals surface area contributed by atoms with Crippen LogP contribution in [0.4, 0.5) is 16.2 Å². The van der Waals surface area contributed by atoms with Crippen LogP contribution in [0.2, 0.25) is 5.02 Å². The number of carbonyl (C=O) groups excluding carboxylic acids is 3. The molecule has 0 fully saturated rings. The number of anilines is 2. The molecule has 0 aliphatic heterocycles. The zero-order valence-corrected chi connectivity index (χ0v) is 22.1. The molecule has 0 bridgehead atoms.